The van der Waals surface area contributed by atoms with Crippen molar-refractivity contribution in [1.82, 2.24) is 0 Å². The van der Waals surface area contributed by atoms with E-state index in [1.807, 2.05) is 6.08 Å². The summed E-state index contributed by atoms with van der Waals surface area (Å²) in [7, 11) is 1.51. The summed E-state index contributed by atoms with van der Waals surface area (Å²) in [5.41, 5.74) is 0.519. The molecule has 22 heavy (non-hydrogen) atoms. The Balaban J connectivity index is 1.76. The third kappa shape index (κ3) is 4.77. The van der Waals surface area contributed by atoms with E-state index in [0.717, 1.165) is 12.8 Å². The van der Waals surface area contributed by atoms with E-state index in [-0.39, 0.29) is 18.5 Å². The van der Waals surface area contributed by atoms with Gasteiger partial charge in [0, 0.05) is 5.69 Å². The molecule has 1 N–H and O–H groups in total. The summed E-state index contributed by atoms with van der Waals surface area (Å²) in [6, 6.07) is 4.88. The topological polar surface area (TPSA) is 64.6 Å². The molecule has 0 saturated heterocycles. The number of esters is 1. The van der Waals surface area contributed by atoms with Crippen LogP contribution >= 0.6 is 11.6 Å². The number of anilines is 1. The van der Waals surface area contributed by atoms with Gasteiger partial charge in [-0.05, 0) is 37.0 Å². The Bertz CT molecular complexity index is 586. The van der Waals surface area contributed by atoms with Gasteiger partial charge in [0.2, 0.25) is 0 Å². The van der Waals surface area contributed by atoms with Crippen molar-refractivity contribution >= 4 is 29.2 Å². The molecule has 1 aromatic carbocycles. The van der Waals surface area contributed by atoms with E-state index in [1.165, 1.54) is 7.11 Å². The predicted octanol–water partition coefficient (Wildman–Crippen LogP) is 3.19. The van der Waals surface area contributed by atoms with Crippen LogP contribution in [0.15, 0.2) is 30.4 Å². The molecule has 0 radical (unpaired) electrons. The maximum absolute atomic E-state index is 11.7. The first-order chi connectivity index (χ1) is 10.6. The van der Waals surface area contributed by atoms with Gasteiger partial charge in [0.05, 0.1) is 18.6 Å². The van der Waals surface area contributed by atoms with Gasteiger partial charge in [0.25, 0.3) is 5.91 Å². The molecule has 118 valence electrons. The Hall–Kier alpha value is -2.01. The lowest BCUT2D eigenvalue weighted by atomic mass is 10.1. The molecule has 0 aliphatic heterocycles. The minimum Gasteiger partial charge on any atom is -0.495 e. The lowest BCUT2D eigenvalue weighted by Gasteiger charge is -2.10. The number of nitrogens with one attached hydrogen (secondary N) is 1. The highest BCUT2D eigenvalue weighted by Gasteiger charge is 2.16. The summed E-state index contributed by atoms with van der Waals surface area (Å²) in [4.78, 5) is 23.4. The Morgan fingerprint density at radius 2 is 2.23 bits per heavy atom. The van der Waals surface area contributed by atoms with Gasteiger partial charge in [0.15, 0.2) is 6.61 Å². The van der Waals surface area contributed by atoms with Crippen molar-refractivity contribution in [1.29, 1.82) is 0 Å². The smallest absolute Gasteiger partial charge is 0.306 e. The molecule has 0 saturated carbocycles. The number of benzene rings is 1. The van der Waals surface area contributed by atoms with Crippen LogP contribution in [0.3, 0.4) is 0 Å². The fourth-order valence-corrected chi connectivity index (χ4v) is 2.48. The molecule has 6 heteroatoms. The van der Waals surface area contributed by atoms with E-state index in [9.17, 15) is 9.59 Å². The monoisotopic (exact) mass is 323 g/mol. The van der Waals surface area contributed by atoms with Gasteiger partial charge in [-0.2, -0.15) is 0 Å². The van der Waals surface area contributed by atoms with Crippen molar-refractivity contribution in [2.75, 3.05) is 19.0 Å². The van der Waals surface area contributed by atoms with Crippen LogP contribution < -0.4 is 10.1 Å². The fourth-order valence-electron chi connectivity index (χ4n) is 2.23. The van der Waals surface area contributed by atoms with Gasteiger partial charge < -0.3 is 14.8 Å². The van der Waals surface area contributed by atoms with Crippen molar-refractivity contribution in [3.63, 3.8) is 0 Å². The van der Waals surface area contributed by atoms with Crippen LogP contribution in [-0.4, -0.2) is 25.6 Å². The molecule has 0 unspecified atom stereocenters. The van der Waals surface area contributed by atoms with Crippen LogP contribution in [0.5, 0.6) is 5.75 Å². The zero-order chi connectivity index (χ0) is 15.9. The standard InChI is InChI=1S/C16H18ClNO4/c1-21-14-7-6-12(9-13(14)17)18-15(19)10-22-16(20)8-11-4-2-3-5-11/h2,4,6-7,9,11H,3,5,8,10H2,1H3,(H,18,19)/t11-/m1/s1. The third-order valence-corrected chi connectivity index (χ3v) is 3.64. The average Bonchev–Trinajstić information content (AvgIpc) is 2.98. The van der Waals surface area contributed by atoms with Crippen molar-refractivity contribution in [2.45, 2.75) is 19.3 Å². The van der Waals surface area contributed by atoms with Gasteiger partial charge in [-0.25, -0.2) is 0 Å². The number of halogens is 1. The zero-order valence-corrected chi connectivity index (χ0v) is 13.1. The molecule has 5 nitrogen and oxygen atoms in total. The number of methoxy groups -OCH3 is 1. The van der Waals surface area contributed by atoms with E-state index >= 15 is 0 Å². The number of hydrogen-bond acceptors (Lipinski definition) is 4. The summed E-state index contributed by atoms with van der Waals surface area (Å²) in [5, 5.41) is 3.01. The fraction of sp³-hybridized carbons (Fsp3) is 0.375. The lowest BCUT2D eigenvalue weighted by molar-refractivity contribution is -0.147. The van der Waals surface area contributed by atoms with Gasteiger partial charge in [-0.1, -0.05) is 23.8 Å². The molecular weight excluding hydrogens is 306 g/mol. The summed E-state index contributed by atoms with van der Waals surface area (Å²) in [6.07, 6.45) is 6.35. The van der Waals surface area contributed by atoms with Crippen LogP contribution in [0, 0.1) is 5.92 Å². The van der Waals surface area contributed by atoms with Gasteiger partial charge in [0.1, 0.15) is 5.75 Å². The van der Waals surface area contributed by atoms with Crippen molar-refractivity contribution < 1.29 is 19.1 Å². The number of carbonyl (C=O) groups is 2. The van der Waals surface area contributed by atoms with Crippen molar-refractivity contribution in [3.05, 3.63) is 35.4 Å². The quantitative estimate of drug-likeness (QED) is 0.645. The molecule has 1 amide bonds. The summed E-state index contributed by atoms with van der Waals surface area (Å²) in [5.74, 6) is -0.0114. The normalized spacial score (nSPS) is 16.4. The molecule has 1 aliphatic rings. The minimum atomic E-state index is -0.406. The SMILES string of the molecule is COc1ccc(NC(=O)COC(=O)C[C@@H]2C=CCC2)cc1Cl. The van der Waals surface area contributed by atoms with Crippen LogP contribution in [0.25, 0.3) is 0 Å². The molecule has 0 heterocycles. The average molecular weight is 324 g/mol. The largest absolute Gasteiger partial charge is 0.495 e. The van der Waals surface area contributed by atoms with Crippen LogP contribution in [-0.2, 0) is 14.3 Å². The number of carbonyl (C=O) groups excluding carboxylic acids is 2. The Labute approximate surface area is 134 Å². The van der Waals surface area contributed by atoms with Crippen molar-refractivity contribution in [3.8, 4) is 5.75 Å². The molecule has 2 rings (SSSR count). The van der Waals surface area contributed by atoms with Crippen LogP contribution in [0.4, 0.5) is 5.69 Å². The second-order valence-corrected chi connectivity index (χ2v) is 5.44. The predicted molar refractivity (Wildman–Crippen MR) is 84.1 cm³/mol. The molecule has 0 bridgehead atoms. The molecule has 1 atom stereocenters. The number of hydrogen-bond donors (Lipinski definition) is 1. The van der Waals surface area contributed by atoms with Crippen molar-refractivity contribution in [2.24, 2.45) is 5.92 Å². The van der Waals surface area contributed by atoms with E-state index in [0.29, 0.717) is 22.9 Å². The van der Waals surface area contributed by atoms with Gasteiger partial charge >= 0.3 is 5.97 Å². The van der Waals surface area contributed by atoms with Gasteiger partial charge in [-0.3, -0.25) is 9.59 Å². The van der Waals surface area contributed by atoms with E-state index in [4.69, 9.17) is 21.1 Å². The number of allylic oxidation sites excluding steroid dienone is 2. The van der Waals surface area contributed by atoms with E-state index in [1.54, 1.807) is 18.2 Å². The Morgan fingerprint density at radius 1 is 1.41 bits per heavy atom. The van der Waals surface area contributed by atoms with Crippen LogP contribution in [0.2, 0.25) is 5.02 Å². The second kappa shape index (κ2) is 7.84. The Kier molecular flexibility index (Phi) is 5.83. The first-order valence-electron chi connectivity index (χ1n) is 7.04. The molecule has 1 aliphatic carbocycles. The molecule has 0 aromatic heterocycles. The molecule has 1 aromatic rings. The first-order valence-corrected chi connectivity index (χ1v) is 7.42. The summed E-state index contributed by atoms with van der Waals surface area (Å²) >= 11 is 5.97. The first kappa shape index (κ1) is 16.4. The maximum atomic E-state index is 11.7. The molecule has 0 spiro atoms. The number of ether oxygens (including phenoxy) is 2. The molecular formula is C16H18ClNO4. The number of rotatable bonds is 6. The Morgan fingerprint density at radius 3 is 2.86 bits per heavy atom. The van der Waals surface area contributed by atoms with E-state index in [2.05, 4.69) is 11.4 Å². The highest BCUT2D eigenvalue weighted by atomic mass is 35.5. The third-order valence-electron chi connectivity index (χ3n) is 3.34. The summed E-state index contributed by atoms with van der Waals surface area (Å²) < 4.78 is 10.00. The minimum absolute atomic E-state index is 0.232. The highest BCUT2D eigenvalue weighted by Crippen LogP contribution is 2.27. The maximum Gasteiger partial charge on any atom is 0.306 e. The van der Waals surface area contributed by atoms with Gasteiger partial charge in [-0.15, -0.1) is 0 Å². The highest BCUT2D eigenvalue weighted by molar-refractivity contribution is 6.32. The molecule has 0 fully saturated rings. The summed E-state index contributed by atoms with van der Waals surface area (Å²) in [6.45, 7) is -0.307. The lowest BCUT2D eigenvalue weighted by Crippen LogP contribution is -2.21. The number of amides is 1. The van der Waals surface area contributed by atoms with Crippen LogP contribution in [0.1, 0.15) is 19.3 Å². The van der Waals surface area contributed by atoms with E-state index < -0.39 is 5.91 Å². The second-order valence-electron chi connectivity index (χ2n) is 5.03. The zero-order valence-electron chi connectivity index (χ0n) is 12.3.